The molecule has 1 heterocycles. The van der Waals surface area contributed by atoms with Gasteiger partial charge in [-0.1, -0.05) is 12.1 Å². The molecule has 1 N–H and O–H groups in total. The number of ether oxygens (including phenoxy) is 2. The molecular weight excluding hydrogens is 233 g/mol. The van der Waals surface area contributed by atoms with Crippen molar-refractivity contribution in [2.45, 2.75) is 25.4 Å². The van der Waals surface area contributed by atoms with Crippen molar-refractivity contribution < 1.29 is 13.9 Å². The Morgan fingerprint density at radius 1 is 1.39 bits per heavy atom. The summed E-state index contributed by atoms with van der Waals surface area (Å²) in [4.78, 5) is 0. The summed E-state index contributed by atoms with van der Waals surface area (Å²) in [5, 5.41) is 3.34. The molecule has 1 aromatic carbocycles. The van der Waals surface area contributed by atoms with Crippen LogP contribution < -0.4 is 10.1 Å². The van der Waals surface area contributed by atoms with E-state index in [1.807, 2.05) is 6.07 Å². The van der Waals surface area contributed by atoms with Crippen molar-refractivity contribution in [1.82, 2.24) is 5.32 Å². The van der Waals surface area contributed by atoms with E-state index in [0.717, 1.165) is 31.5 Å². The van der Waals surface area contributed by atoms with Gasteiger partial charge in [0.1, 0.15) is 0 Å². The molecule has 0 radical (unpaired) electrons. The summed E-state index contributed by atoms with van der Waals surface area (Å²) in [5.41, 5.74) is 1.50. The fourth-order valence-corrected chi connectivity index (χ4v) is 2.52. The topological polar surface area (TPSA) is 30.5 Å². The largest absolute Gasteiger partial charge is 0.493 e. The Labute approximate surface area is 107 Å². The third-order valence-electron chi connectivity index (χ3n) is 3.45. The molecule has 0 bridgehead atoms. The minimum Gasteiger partial charge on any atom is -0.493 e. The Kier molecular flexibility index (Phi) is 4.55. The Bertz CT molecular complexity index is 403. The molecular formula is C14H20FNO2. The molecule has 3 nitrogen and oxygen atoms in total. The fourth-order valence-electron chi connectivity index (χ4n) is 2.52. The van der Waals surface area contributed by atoms with Crippen molar-refractivity contribution in [1.29, 1.82) is 0 Å². The molecule has 100 valence electrons. The van der Waals surface area contributed by atoms with Crippen molar-refractivity contribution in [3.63, 3.8) is 0 Å². The maximum Gasteiger partial charge on any atom is 0.170 e. The van der Waals surface area contributed by atoms with Gasteiger partial charge in [0, 0.05) is 30.7 Å². The van der Waals surface area contributed by atoms with Crippen molar-refractivity contribution in [2.24, 2.45) is 0 Å². The Balaban J connectivity index is 2.32. The number of benzene rings is 1. The van der Waals surface area contributed by atoms with Gasteiger partial charge in [-0.15, -0.1) is 0 Å². The van der Waals surface area contributed by atoms with Gasteiger partial charge in [0.15, 0.2) is 11.6 Å². The van der Waals surface area contributed by atoms with E-state index in [1.54, 1.807) is 13.2 Å². The molecule has 18 heavy (non-hydrogen) atoms. The van der Waals surface area contributed by atoms with Crippen LogP contribution in [0.1, 0.15) is 29.9 Å². The van der Waals surface area contributed by atoms with Gasteiger partial charge in [-0.05, 0) is 19.4 Å². The maximum atomic E-state index is 14.2. The molecule has 1 aliphatic heterocycles. The molecule has 0 aromatic heterocycles. The highest BCUT2D eigenvalue weighted by Gasteiger charge is 2.22. The number of halogens is 1. The lowest BCUT2D eigenvalue weighted by atomic mass is 9.90. The maximum absolute atomic E-state index is 14.2. The molecule has 1 atom stereocenters. The first-order chi connectivity index (χ1) is 8.77. The minimum atomic E-state index is -0.289. The summed E-state index contributed by atoms with van der Waals surface area (Å²) >= 11 is 0. The third-order valence-corrected chi connectivity index (χ3v) is 3.45. The summed E-state index contributed by atoms with van der Waals surface area (Å²) in [5.74, 6) is 0.417. The van der Waals surface area contributed by atoms with Gasteiger partial charge in [0.2, 0.25) is 0 Å². The first-order valence-corrected chi connectivity index (χ1v) is 6.32. The lowest BCUT2D eigenvalue weighted by Crippen LogP contribution is -2.28. The van der Waals surface area contributed by atoms with Crippen LogP contribution in [-0.4, -0.2) is 27.3 Å². The lowest BCUT2D eigenvalue weighted by molar-refractivity contribution is 0.180. The quantitative estimate of drug-likeness (QED) is 0.894. The normalized spacial score (nSPS) is 19.8. The monoisotopic (exact) mass is 253 g/mol. The number of piperidine rings is 1. The van der Waals surface area contributed by atoms with Crippen LogP contribution in [0.5, 0.6) is 5.75 Å². The van der Waals surface area contributed by atoms with E-state index in [0.29, 0.717) is 17.2 Å². The minimum absolute atomic E-state index is 0.269. The zero-order valence-electron chi connectivity index (χ0n) is 11.0. The number of methoxy groups -OCH3 is 2. The zero-order valence-corrected chi connectivity index (χ0v) is 11.0. The van der Waals surface area contributed by atoms with Gasteiger partial charge in [0.05, 0.1) is 13.7 Å². The van der Waals surface area contributed by atoms with E-state index in [2.05, 4.69) is 5.32 Å². The summed E-state index contributed by atoms with van der Waals surface area (Å²) in [6, 6.07) is 3.76. The predicted octanol–water partition coefficient (Wildman–Crippen LogP) is 2.45. The standard InChI is InChI=1S/C14H20FNO2/c1-17-9-11-5-6-12(14(18-2)13(11)15)10-4-3-7-16-8-10/h5-6,10,16H,3-4,7-9H2,1-2H3. The average molecular weight is 253 g/mol. The second-order valence-corrected chi connectivity index (χ2v) is 4.64. The van der Waals surface area contributed by atoms with Crippen molar-refractivity contribution in [2.75, 3.05) is 27.3 Å². The van der Waals surface area contributed by atoms with Crippen molar-refractivity contribution in [3.8, 4) is 5.75 Å². The van der Waals surface area contributed by atoms with E-state index < -0.39 is 0 Å². The fraction of sp³-hybridized carbons (Fsp3) is 0.571. The smallest absolute Gasteiger partial charge is 0.170 e. The van der Waals surface area contributed by atoms with Crippen LogP contribution in [0, 0.1) is 5.82 Å². The van der Waals surface area contributed by atoms with Crippen LogP contribution in [0.2, 0.25) is 0 Å². The van der Waals surface area contributed by atoms with Gasteiger partial charge in [-0.3, -0.25) is 0 Å². The predicted molar refractivity (Wildman–Crippen MR) is 68.5 cm³/mol. The van der Waals surface area contributed by atoms with Crippen LogP contribution in [0.25, 0.3) is 0 Å². The highest BCUT2D eigenvalue weighted by molar-refractivity contribution is 5.42. The van der Waals surface area contributed by atoms with Gasteiger partial charge in [0.25, 0.3) is 0 Å². The SMILES string of the molecule is COCc1ccc(C2CCCNC2)c(OC)c1F. The average Bonchev–Trinajstić information content (AvgIpc) is 2.42. The van der Waals surface area contributed by atoms with Crippen LogP contribution >= 0.6 is 0 Å². The van der Waals surface area contributed by atoms with Crippen LogP contribution in [0.15, 0.2) is 12.1 Å². The highest BCUT2D eigenvalue weighted by atomic mass is 19.1. The van der Waals surface area contributed by atoms with Gasteiger partial charge < -0.3 is 14.8 Å². The van der Waals surface area contributed by atoms with Crippen LogP contribution in [-0.2, 0) is 11.3 Å². The summed E-state index contributed by atoms with van der Waals surface area (Å²) in [6.45, 7) is 2.20. The number of hydrogen-bond acceptors (Lipinski definition) is 3. The molecule has 1 aliphatic rings. The van der Waals surface area contributed by atoms with Crippen molar-refractivity contribution >= 4 is 0 Å². The zero-order chi connectivity index (χ0) is 13.0. The van der Waals surface area contributed by atoms with Gasteiger partial charge >= 0.3 is 0 Å². The number of hydrogen-bond donors (Lipinski definition) is 1. The number of nitrogens with one attached hydrogen (secondary N) is 1. The van der Waals surface area contributed by atoms with Crippen molar-refractivity contribution in [3.05, 3.63) is 29.1 Å². The van der Waals surface area contributed by atoms with Crippen LogP contribution in [0.3, 0.4) is 0 Å². The lowest BCUT2D eigenvalue weighted by Gasteiger charge is -2.25. The molecule has 0 amide bonds. The van der Waals surface area contributed by atoms with E-state index >= 15 is 0 Å². The Morgan fingerprint density at radius 3 is 2.83 bits per heavy atom. The summed E-state index contributed by atoms with van der Waals surface area (Å²) in [7, 11) is 3.08. The number of rotatable bonds is 4. The molecule has 1 fully saturated rings. The van der Waals surface area contributed by atoms with Crippen LogP contribution in [0.4, 0.5) is 4.39 Å². The Morgan fingerprint density at radius 2 is 2.22 bits per heavy atom. The summed E-state index contributed by atoms with van der Waals surface area (Å²) < 4.78 is 24.5. The first kappa shape index (κ1) is 13.3. The Hall–Kier alpha value is -1.13. The van der Waals surface area contributed by atoms with Gasteiger partial charge in [-0.25, -0.2) is 4.39 Å². The molecule has 1 unspecified atom stereocenters. The molecule has 0 spiro atoms. The van der Waals surface area contributed by atoms with E-state index in [4.69, 9.17) is 9.47 Å². The summed E-state index contributed by atoms with van der Waals surface area (Å²) in [6.07, 6.45) is 2.20. The molecule has 1 aromatic rings. The molecule has 0 aliphatic carbocycles. The second kappa shape index (κ2) is 6.16. The molecule has 4 heteroatoms. The molecule has 0 saturated carbocycles. The van der Waals surface area contributed by atoms with Gasteiger partial charge in [-0.2, -0.15) is 0 Å². The second-order valence-electron chi connectivity index (χ2n) is 4.64. The first-order valence-electron chi connectivity index (χ1n) is 6.32. The van der Waals surface area contributed by atoms with E-state index in [1.165, 1.54) is 7.11 Å². The molecule has 2 rings (SSSR count). The highest BCUT2D eigenvalue weighted by Crippen LogP contribution is 2.34. The van der Waals surface area contributed by atoms with E-state index in [-0.39, 0.29) is 12.4 Å². The molecule has 1 saturated heterocycles. The van der Waals surface area contributed by atoms with E-state index in [9.17, 15) is 4.39 Å². The third kappa shape index (κ3) is 2.65.